The van der Waals surface area contributed by atoms with Crippen molar-refractivity contribution in [2.45, 2.75) is 18.2 Å². The van der Waals surface area contributed by atoms with E-state index in [9.17, 15) is 0 Å². The molecule has 0 aliphatic rings. The zero-order valence-electron chi connectivity index (χ0n) is 7.74. The number of thiophene rings is 1. The third-order valence-corrected chi connectivity index (χ3v) is 3.44. The first-order chi connectivity index (χ1) is 6.72. The van der Waals surface area contributed by atoms with Crippen molar-refractivity contribution in [1.29, 1.82) is 5.26 Å². The lowest BCUT2D eigenvalue weighted by atomic mass is 10.1. The van der Waals surface area contributed by atoms with Crippen LogP contribution >= 0.6 is 24.0 Å². The Bertz CT molecular complexity index is 520. The van der Waals surface area contributed by atoms with Gasteiger partial charge in [0.05, 0.1) is 12.5 Å². The van der Waals surface area contributed by atoms with Crippen LogP contribution in [-0.4, -0.2) is 0 Å². The minimum atomic E-state index is 0.493. The fourth-order valence-electron chi connectivity index (χ4n) is 1.65. The molecule has 1 nitrogen and oxygen atoms in total. The van der Waals surface area contributed by atoms with Gasteiger partial charge in [0, 0.05) is 9.60 Å². The van der Waals surface area contributed by atoms with E-state index in [0.717, 1.165) is 10.5 Å². The van der Waals surface area contributed by atoms with E-state index in [-0.39, 0.29) is 0 Å². The van der Waals surface area contributed by atoms with Gasteiger partial charge in [0.15, 0.2) is 0 Å². The van der Waals surface area contributed by atoms with E-state index in [0.29, 0.717) is 6.42 Å². The molecule has 2 aromatic rings. The predicted octanol–water partition coefficient (Wildman–Crippen LogP) is 3.56. The van der Waals surface area contributed by atoms with Gasteiger partial charge in [0.1, 0.15) is 0 Å². The van der Waals surface area contributed by atoms with Crippen LogP contribution in [-0.2, 0) is 6.42 Å². The number of nitrogens with zero attached hydrogens (tertiary/aromatic N) is 1. The number of aryl methyl sites for hydroxylation is 1. The SMILES string of the molecule is Cc1cc(S)cc2scc(CC#N)c12. The summed E-state index contributed by atoms with van der Waals surface area (Å²) in [6.07, 6.45) is 0.493. The summed E-state index contributed by atoms with van der Waals surface area (Å²) in [4.78, 5) is 0.986. The zero-order chi connectivity index (χ0) is 10.1. The Hall–Kier alpha value is -0.980. The van der Waals surface area contributed by atoms with Gasteiger partial charge in [-0.2, -0.15) is 5.26 Å². The highest BCUT2D eigenvalue weighted by atomic mass is 32.1. The Balaban J connectivity index is 2.74. The molecule has 0 aliphatic carbocycles. The minimum absolute atomic E-state index is 0.493. The van der Waals surface area contributed by atoms with Crippen molar-refractivity contribution >= 4 is 34.1 Å². The number of nitriles is 1. The summed E-state index contributed by atoms with van der Waals surface area (Å²) in [5, 5.41) is 12.0. The normalized spacial score (nSPS) is 10.4. The second-order valence-corrected chi connectivity index (χ2v) is 4.66. The Kier molecular flexibility index (Phi) is 2.49. The number of benzene rings is 1. The van der Waals surface area contributed by atoms with Crippen LogP contribution in [0.3, 0.4) is 0 Å². The van der Waals surface area contributed by atoms with E-state index < -0.39 is 0 Å². The fraction of sp³-hybridized carbons (Fsp3) is 0.182. The predicted molar refractivity (Wildman–Crippen MR) is 63.1 cm³/mol. The Morgan fingerprint density at radius 1 is 1.50 bits per heavy atom. The van der Waals surface area contributed by atoms with Crippen LogP contribution in [0.25, 0.3) is 10.1 Å². The lowest BCUT2D eigenvalue weighted by molar-refractivity contribution is 1.29. The van der Waals surface area contributed by atoms with E-state index in [2.05, 4.69) is 37.1 Å². The van der Waals surface area contributed by atoms with Crippen molar-refractivity contribution in [2.75, 3.05) is 0 Å². The molecular weight excluding hydrogens is 210 g/mol. The van der Waals surface area contributed by atoms with Gasteiger partial charge in [-0.3, -0.25) is 0 Å². The van der Waals surface area contributed by atoms with Crippen LogP contribution in [0.1, 0.15) is 11.1 Å². The molecule has 1 heterocycles. The summed E-state index contributed by atoms with van der Waals surface area (Å²) in [6.45, 7) is 2.07. The molecule has 0 amide bonds. The van der Waals surface area contributed by atoms with Crippen LogP contribution < -0.4 is 0 Å². The van der Waals surface area contributed by atoms with Gasteiger partial charge in [-0.1, -0.05) is 0 Å². The molecule has 1 aromatic heterocycles. The minimum Gasteiger partial charge on any atom is -0.198 e. The molecular formula is C11H9NS2. The summed E-state index contributed by atoms with van der Waals surface area (Å²) in [7, 11) is 0. The summed E-state index contributed by atoms with van der Waals surface area (Å²) < 4.78 is 1.22. The molecule has 14 heavy (non-hydrogen) atoms. The summed E-state index contributed by atoms with van der Waals surface area (Å²) in [6, 6.07) is 6.28. The molecule has 0 aliphatic heterocycles. The maximum absolute atomic E-state index is 8.68. The summed E-state index contributed by atoms with van der Waals surface area (Å²) in [5.41, 5.74) is 2.34. The van der Waals surface area contributed by atoms with E-state index in [1.807, 2.05) is 6.07 Å². The number of rotatable bonds is 1. The van der Waals surface area contributed by atoms with Gasteiger partial charge in [-0.25, -0.2) is 0 Å². The first-order valence-electron chi connectivity index (χ1n) is 4.29. The second-order valence-electron chi connectivity index (χ2n) is 3.23. The standard InChI is InChI=1S/C11H9NS2/c1-7-4-9(13)5-10-11(7)8(2-3-12)6-14-10/h4-6,13H,2H2,1H3. The Labute approximate surface area is 92.4 Å². The highest BCUT2D eigenvalue weighted by Crippen LogP contribution is 2.31. The van der Waals surface area contributed by atoms with Crippen LogP contribution in [0, 0.1) is 18.3 Å². The number of hydrogen-bond acceptors (Lipinski definition) is 3. The number of fused-ring (bicyclic) bond motifs is 1. The quantitative estimate of drug-likeness (QED) is 0.728. The molecule has 0 saturated heterocycles. The lowest BCUT2D eigenvalue weighted by Crippen LogP contribution is -1.81. The third-order valence-electron chi connectivity index (χ3n) is 2.20. The van der Waals surface area contributed by atoms with Crippen LogP contribution in [0.15, 0.2) is 22.4 Å². The van der Waals surface area contributed by atoms with Crippen molar-refractivity contribution in [3.8, 4) is 6.07 Å². The molecule has 1 aromatic carbocycles. The summed E-state index contributed by atoms with van der Waals surface area (Å²) in [5.74, 6) is 0. The molecule has 2 rings (SSSR count). The van der Waals surface area contributed by atoms with Gasteiger partial charge >= 0.3 is 0 Å². The fourth-order valence-corrected chi connectivity index (χ4v) is 3.14. The molecule has 0 spiro atoms. The van der Waals surface area contributed by atoms with Gasteiger partial charge in [-0.05, 0) is 40.9 Å². The van der Waals surface area contributed by atoms with Crippen molar-refractivity contribution < 1.29 is 0 Å². The van der Waals surface area contributed by atoms with E-state index in [4.69, 9.17) is 5.26 Å². The van der Waals surface area contributed by atoms with Crippen molar-refractivity contribution in [3.63, 3.8) is 0 Å². The molecule has 0 atom stereocenters. The first kappa shape index (κ1) is 9.57. The maximum atomic E-state index is 8.68. The van der Waals surface area contributed by atoms with E-state index >= 15 is 0 Å². The van der Waals surface area contributed by atoms with Crippen molar-refractivity contribution in [2.24, 2.45) is 0 Å². The zero-order valence-corrected chi connectivity index (χ0v) is 9.45. The third kappa shape index (κ3) is 1.52. The van der Waals surface area contributed by atoms with E-state index in [1.54, 1.807) is 11.3 Å². The molecule has 3 heteroatoms. The first-order valence-corrected chi connectivity index (χ1v) is 5.61. The molecule has 0 saturated carbocycles. The topological polar surface area (TPSA) is 23.8 Å². The van der Waals surface area contributed by atoms with Gasteiger partial charge in [0.25, 0.3) is 0 Å². The Morgan fingerprint density at radius 2 is 2.29 bits per heavy atom. The van der Waals surface area contributed by atoms with Gasteiger partial charge in [0.2, 0.25) is 0 Å². The monoisotopic (exact) mass is 219 g/mol. The van der Waals surface area contributed by atoms with E-state index in [1.165, 1.54) is 15.6 Å². The number of hydrogen-bond donors (Lipinski definition) is 1. The largest absolute Gasteiger partial charge is 0.198 e. The molecule has 0 radical (unpaired) electrons. The van der Waals surface area contributed by atoms with Crippen molar-refractivity contribution in [1.82, 2.24) is 0 Å². The molecule has 0 fully saturated rings. The van der Waals surface area contributed by atoms with Crippen LogP contribution in [0.4, 0.5) is 0 Å². The lowest BCUT2D eigenvalue weighted by Gasteiger charge is -2.00. The molecule has 0 unspecified atom stereocenters. The maximum Gasteiger partial charge on any atom is 0.0670 e. The smallest absolute Gasteiger partial charge is 0.0670 e. The van der Waals surface area contributed by atoms with Gasteiger partial charge < -0.3 is 0 Å². The number of thiol groups is 1. The molecule has 0 N–H and O–H groups in total. The Morgan fingerprint density at radius 3 is 3.00 bits per heavy atom. The van der Waals surface area contributed by atoms with Crippen LogP contribution in [0.5, 0.6) is 0 Å². The molecule has 0 bridgehead atoms. The molecule has 70 valence electrons. The average molecular weight is 219 g/mol. The summed E-state index contributed by atoms with van der Waals surface area (Å²) >= 11 is 6.02. The van der Waals surface area contributed by atoms with Crippen LogP contribution in [0.2, 0.25) is 0 Å². The second kappa shape index (κ2) is 3.64. The van der Waals surface area contributed by atoms with Gasteiger partial charge in [-0.15, -0.1) is 24.0 Å². The highest BCUT2D eigenvalue weighted by Gasteiger charge is 2.06. The van der Waals surface area contributed by atoms with Crippen molar-refractivity contribution in [3.05, 3.63) is 28.6 Å². The highest BCUT2D eigenvalue weighted by molar-refractivity contribution is 7.80. The average Bonchev–Trinajstić information content (AvgIpc) is 2.49.